The molecule has 2 rings (SSSR count). The fourth-order valence-electron chi connectivity index (χ4n) is 3.25. The summed E-state index contributed by atoms with van der Waals surface area (Å²) in [7, 11) is 0. The Labute approximate surface area is 123 Å². The van der Waals surface area contributed by atoms with Crippen molar-refractivity contribution in [2.24, 2.45) is 5.41 Å². The smallest absolute Gasteiger partial charge is 0.00445 e. The molecule has 0 radical (unpaired) electrons. The van der Waals surface area contributed by atoms with Crippen molar-refractivity contribution in [3.63, 3.8) is 0 Å². The lowest BCUT2D eigenvalue weighted by molar-refractivity contribution is 0.246. The summed E-state index contributed by atoms with van der Waals surface area (Å²) in [5.41, 5.74) is 3.18. The highest BCUT2D eigenvalue weighted by atomic mass is 14.4. The van der Waals surface area contributed by atoms with Gasteiger partial charge in [-0.05, 0) is 28.4 Å². The fraction of sp³-hybridized carbons (Fsp3) is 0.400. The second-order valence-corrected chi connectivity index (χ2v) is 6.43. The van der Waals surface area contributed by atoms with Gasteiger partial charge in [0.25, 0.3) is 0 Å². The minimum absolute atomic E-state index is 0.288. The van der Waals surface area contributed by atoms with Gasteiger partial charge in [0.2, 0.25) is 0 Å². The Kier molecular flexibility index (Phi) is 4.65. The molecule has 0 aliphatic carbocycles. The Morgan fingerprint density at radius 2 is 1.25 bits per heavy atom. The summed E-state index contributed by atoms with van der Waals surface area (Å²) in [5, 5.41) is 0. The molecule has 2 unspecified atom stereocenters. The van der Waals surface area contributed by atoms with Crippen LogP contribution in [0, 0.1) is 5.41 Å². The van der Waals surface area contributed by atoms with Crippen LogP contribution in [-0.2, 0) is 0 Å². The molecule has 0 heterocycles. The first-order valence-electron chi connectivity index (χ1n) is 7.66. The van der Waals surface area contributed by atoms with E-state index < -0.39 is 0 Å². The van der Waals surface area contributed by atoms with Crippen molar-refractivity contribution < 1.29 is 0 Å². The summed E-state index contributed by atoms with van der Waals surface area (Å²) in [5.74, 6) is 1.06. The van der Waals surface area contributed by atoms with Crippen LogP contribution >= 0.6 is 0 Å². The molecule has 0 spiro atoms. The Hall–Kier alpha value is -1.56. The van der Waals surface area contributed by atoms with E-state index in [0.29, 0.717) is 11.8 Å². The van der Waals surface area contributed by atoms with Crippen LogP contribution in [0.15, 0.2) is 60.7 Å². The molecule has 0 saturated heterocycles. The lowest BCUT2D eigenvalue weighted by atomic mass is 9.66. The van der Waals surface area contributed by atoms with Crippen LogP contribution in [0.4, 0.5) is 0 Å². The highest BCUT2D eigenvalue weighted by Gasteiger charge is 2.33. The molecule has 0 N–H and O–H groups in total. The normalized spacial score (nSPS) is 14.8. The van der Waals surface area contributed by atoms with Gasteiger partial charge in [0.15, 0.2) is 0 Å². The SMILES string of the molecule is CCC(C)(C)C(c1ccccc1)C(C)c1ccccc1. The molecule has 2 aromatic carbocycles. The molecule has 0 saturated carbocycles. The topological polar surface area (TPSA) is 0 Å². The minimum Gasteiger partial charge on any atom is -0.0649 e. The molecule has 0 aliphatic heterocycles. The van der Waals surface area contributed by atoms with Crippen LogP contribution in [0.3, 0.4) is 0 Å². The lowest BCUT2D eigenvalue weighted by Gasteiger charge is -2.38. The van der Waals surface area contributed by atoms with Gasteiger partial charge in [-0.1, -0.05) is 94.8 Å². The van der Waals surface area contributed by atoms with Crippen molar-refractivity contribution in [1.82, 2.24) is 0 Å². The van der Waals surface area contributed by atoms with E-state index >= 15 is 0 Å². The Balaban J connectivity index is 2.43. The van der Waals surface area contributed by atoms with Crippen molar-refractivity contribution >= 4 is 0 Å². The minimum atomic E-state index is 0.288. The third kappa shape index (κ3) is 3.12. The van der Waals surface area contributed by atoms with E-state index in [9.17, 15) is 0 Å². The van der Waals surface area contributed by atoms with Gasteiger partial charge in [-0.25, -0.2) is 0 Å². The predicted octanol–water partition coefficient (Wildman–Crippen LogP) is 6.01. The van der Waals surface area contributed by atoms with Gasteiger partial charge >= 0.3 is 0 Å². The van der Waals surface area contributed by atoms with Gasteiger partial charge in [0.1, 0.15) is 0 Å². The zero-order valence-electron chi connectivity index (χ0n) is 13.1. The van der Waals surface area contributed by atoms with Gasteiger partial charge in [-0.15, -0.1) is 0 Å². The van der Waals surface area contributed by atoms with Crippen LogP contribution in [0.25, 0.3) is 0 Å². The highest BCUT2D eigenvalue weighted by Crippen LogP contribution is 2.47. The van der Waals surface area contributed by atoms with Crippen molar-refractivity contribution in [3.05, 3.63) is 71.8 Å². The molecular formula is C20H26. The second kappa shape index (κ2) is 6.26. The number of benzene rings is 2. The zero-order valence-corrected chi connectivity index (χ0v) is 13.1. The average molecular weight is 266 g/mol. The van der Waals surface area contributed by atoms with E-state index in [1.165, 1.54) is 17.5 Å². The van der Waals surface area contributed by atoms with E-state index in [0.717, 1.165) is 0 Å². The summed E-state index contributed by atoms with van der Waals surface area (Å²) in [4.78, 5) is 0. The second-order valence-electron chi connectivity index (χ2n) is 6.43. The van der Waals surface area contributed by atoms with Crippen molar-refractivity contribution in [1.29, 1.82) is 0 Å². The molecule has 0 fully saturated rings. The van der Waals surface area contributed by atoms with Gasteiger partial charge in [0, 0.05) is 0 Å². The zero-order chi connectivity index (χ0) is 14.6. The lowest BCUT2D eigenvalue weighted by Crippen LogP contribution is -2.26. The molecule has 0 heteroatoms. The molecule has 0 aliphatic rings. The van der Waals surface area contributed by atoms with Gasteiger partial charge in [0.05, 0.1) is 0 Å². The molecule has 0 nitrogen and oxygen atoms in total. The molecule has 0 amide bonds. The maximum absolute atomic E-state index is 2.39. The quantitative estimate of drug-likeness (QED) is 0.621. The first kappa shape index (κ1) is 14.8. The maximum Gasteiger partial charge on any atom is -0.00445 e. The predicted molar refractivity (Wildman–Crippen MR) is 88.1 cm³/mol. The number of rotatable bonds is 5. The van der Waals surface area contributed by atoms with E-state index in [1.807, 2.05) is 0 Å². The van der Waals surface area contributed by atoms with Crippen LogP contribution in [0.5, 0.6) is 0 Å². The Bertz CT molecular complexity index is 510. The first-order chi connectivity index (χ1) is 9.56. The molecule has 0 aromatic heterocycles. The van der Waals surface area contributed by atoms with Crippen LogP contribution < -0.4 is 0 Å². The van der Waals surface area contributed by atoms with Crippen molar-refractivity contribution in [3.8, 4) is 0 Å². The van der Waals surface area contributed by atoms with Crippen LogP contribution in [-0.4, -0.2) is 0 Å². The van der Waals surface area contributed by atoms with Crippen LogP contribution in [0.1, 0.15) is 57.1 Å². The summed E-state index contributed by atoms with van der Waals surface area (Å²) in [6, 6.07) is 21.9. The summed E-state index contributed by atoms with van der Waals surface area (Å²) in [6.07, 6.45) is 1.18. The van der Waals surface area contributed by atoms with E-state index in [4.69, 9.17) is 0 Å². The third-order valence-electron chi connectivity index (χ3n) is 4.74. The molecule has 2 atom stereocenters. The standard InChI is InChI=1S/C20H26/c1-5-20(3,4)19(18-14-10-7-11-15-18)16(2)17-12-8-6-9-13-17/h6-16,19H,5H2,1-4H3. The molecular weight excluding hydrogens is 240 g/mol. The summed E-state index contributed by atoms with van der Waals surface area (Å²) < 4.78 is 0. The summed E-state index contributed by atoms with van der Waals surface area (Å²) in [6.45, 7) is 9.45. The fourth-order valence-corrected chi connectivity index (χ4v) is 3.25. The molecule has 106 valence electrons. The van der Waals surface area contributed by atoms with E-state index in [1.54, 1.807) is 0 Å². The third-order valence-corrected chi connectivity index (χ3v) is 4.74. The summed E-state index contributed by atoms with van der Waals surface area (Å²) >= 11 is 0. The van der Waals surface area contributed by atoms with Gasteiger partial charge < -0.3 is 0 Å². The van der Waals surface area contributed by atoms with E-state index in [-0.39, 0.29) is 5.41 Å². The van der Waals surface area contributed by atoms with Crippen molar-refractivity contribution in [2.45, 2.75) is 46.0 Å². The monoisotopic (exact) mass is 266 g/mol. The maximum atomic E-state index is 2.39. The number of hydrogen-bond donors (Lipinski definition) is 0. The van der Waals surface area contributed by atoms with E-state index in [2.05, 4.69) is 88.4 Å². The highest BCUT2D eigenvalue weighted by molar-refractivity contribution is 5.29. The first-order valence-corrected chi connectivity index (χ1v) is 7.66. The number of hydrogen-bond acceptors (Lipinski definition) is 0. The van der Waals surface area contributed by atoms with Crippen LogP contribution in [0.2, 0.25) is 0 Å². The molecule has 20 heavy (non-hydrogen) atoms. The average Bonchev–Trinajstić information content (AvgIpc) is 2.49. The van der Waals surface area contributed by atoms with Crippen molar-refractivity contribution in [2.75, 3.05) is 0 Å². The Morgan fingerprint density at radius 1 is 0.800 bits per heavy atom. The molecule has 2 aromatic rings. The Morgan fingerprint density at radius 3 is 1.70 bits per heavy atom. The van der Waals surface area contributed by atoms with Gasteiger partial charge in [-0.2, -0.15) is 0 Å². The largest absolute Gasteiger partial charge is 0.0649 e. The molecule has 0 bridgehead atoms. The van der Waals surface area contributed by atoms with Gasteiger partial charge in [-0.3, -0.25) is 0 Å².